The molecule has 36 heavy (non-hydrogen) atoms. The van der Waals surface area contributed by atoms with Crippen LogP contribution in [0.4, 0.5) is 17.6 Å². The number of hydrogen-bond acceptors (Lipinski definition) is 6. The highest BCUT2D eigenvalue weighted by Crippen LogP contribution is 2.31. The first kappa shape index (κ1) is 26.7. The molecule has 0 atom stereocenters. The van der Waals surface area contributed by atoms with Crippen LogP contribution in [0.3, 0.4) is 0 Å². The number of nitrogens with one attached hydrogen (secondary N) is 1. The summed E-state index contributed by atoms with van der Waals surface area (Å²) in [5, 5.41) is 3.90. The fourth-order valence-electron chi connectivity index (χ4n) is 3.05. The van der Waals surface area contributed by atoms with Gasteiger partial charge in [-0.05, 0) is 67.1 Å². The lowest BCUT2D eigenvalue weighted by Crippen LogP contribution is -2.21. The van der Waals surface area contributed by atoms with Crippen LogP contribution in [0.1, 0.15) is 23.6 Å². The molecule has 0 bridgehead atoms. The first-order chi connectivity index (χ1) is 16.9. The maximum Gasteiger partial charge on any atom is 0.416 e. The second kappa shape index (κ2) is 10.8. The SMILES string of the molecule is COc1cccc(CC(=O)N/N=C(\C)c2cc(F)ccc2OS(=O)(=O)c2ccc(C(F)(F)F)cc2)c1. The third-order valence-electron chi connectivity index (χ3n) is 4.85. The molecule has 0 aliphatic rings. The maximum absolute atomic E-state index is 13.9. The summed E-state index contributed by atoms with van der Waals surface area (Å²) in [6, 6.07) is 12.4. The highest BCUT2D eigenvalue weighted by Gasteiger charge is 2.31. The van der Waals surface area contributed by atoms with Gasteiger partial charge in [0, 0.05) is 5.56 Å². The van der Waals surface area contributed by atoms with Crippen LogP contribution in [-0.2, 0) is 27.5 Å². The van der Waals surface area contributed by atoms with Gasteiger partial charge in [-0.3, -0.25) is 4.79 Å². The summed E-state index contributed by atoms with van der Waals surface area (Å²) in [7, 11) is -3.08. The average molecular weight is 524 g/mol. The fourth-order valence-corrected chi connectivity index (χ4v) is 4.00. The molecule has 3 aromatic carbocycles. The lowest BCUT2D eigenvalue weighted by Gasteiger charge is -2.13. The predicted octanol–water partition coefficient (Wildman–Crippen LogP) is 4.70. The molecule has 1 amide bonds. The second-order valence-corrected chi connectivity index (χ2v) is 9.01. The van der Waals surface area contributed by atoms with E-state index < -0.39 is 38.5 Å². The Bertz CT molecular complexity index is 1390. The number of amides is 1. The Hall–Kier alpha value is -3.93. The maximum atomic E-state index is 13.9. The second-order valence-electron chi connectivity index (χ2n) is 7.46. The van der Waals surface area contributed by atoms with Gasteiger partial charge in [0.25, 0.3) is 0 Å². The van der Waals surface area contributed by atoms with Crippen LogP contribution in [-0.4, -0.2) is 27.1 Å². The molecule has 12 heteroatoms. The molecule has 0 fully saturated rings. The molecule has 3 rings (SSSR count). The van der Waals surface area contributed by atoms with E-state index in [1.807, 2.05) is 0 Å². The van der Waals surface area contributed by atoms with Crippen molar-refractivity contribution in [2.45, 2.75) is 24.4 Å². The Labute approximate surface area is 204 Å². The number of hydrazone groups is 1. The molecule has 0 saturated heterocycles. The van der Waals surface area contributed by atoms with Gasteiger partial charge in [-0.2, -0.15) is 26.7 Å². The van der Waals surface area contributed by atoms with Crippen molar-refractivity contribution in [3.05, 3.63) is 89.2 Å². The third kappa shape index (κ3) is 6.81. The van der Waals surface area contributed by atoms with Crippen LogP contribution >= 0.6 is 0 Å². The van der Waals surface area contributed by atoms with Gasteiger partial charge in [0.05, 0.1) is 24.8 Å². The molecule has 0 saturated carbocycles. The number of hydrogen-bond donors (Lipinski definition) is 1. The van der Waals surface area contributed by atoms with Crippen LogP contribution in [0.15, 0.2) is 76.7 Å². The molecule has 190 valence electrons. The van der Waals surface area contributed by atoms with E-state index in [1.165, 1.54) is 14.0 Å². The number of ether oxygens (including phenoxy) is 1. The summed E-state index contributed by atoms with van der Waals surface area (Å²) in [5.74, 6) is -1.00. The summed E-state index contributed by atoms with van der Waals surface area (Å²) < 4.78 is 87.6. The number of halogens is 4. The summed E-state index contributed by atoms with van der Waals surface area (Å²) >= 11 is 0. The Morgan fingerprint density at radius 3 is 2.36 bits per heavy atom. The lowest BCUT2D eigenvalue weighted by molar-refractivity contribution is -0.137. The molecule has 0 radical (unpaired) electrons. The largest absolute Gasteiger partial charge is 0.497 e. The fraction of sp³-hybridized carbons (Fsp3) is 0.167. The van der Waals surface area contributed by atoms with Crippen molar-refractivity contribution in [1.82, 2.24) is 5.43 Å². The van der Waals surface area contributed by atoms with Crippen molar-refractivity contribution < 1.29 is 39.7 Å². The smallest absolute Gasteiger partial charge is 0.416 e. The highest BCUT2D eigenvalue weighted by molar-refractivity contribution is 7.87. The topological polar surface area (TPSA) is 94.1 Å². The summed E-state index contributed by atoms with van der Waals surface area (Å²) in [4.78, 5) is 11.7. The number of carbonyl (C=O) groups is 1. The van der Waals surface area contributed by atoms with Crippen molar-refractivity contribution >= 4 is 21.7 Å². The first-order valence-electron chi connectivity index (χ1n) is 10.3. The Morgan fingerprint density at radius 2 is 1.72 bits per heavy atom. The molecular weight excluding hydrogens is 504 g/mol. The molecule has 0 aliphatic carbocycles. The monoisotopic (exact) mass is 524 g/mol. The zero-order valence-corrected chi connectivity index (χ0v) is 19.8. The minimum Gasteiger partial charge on any atom is -0.497 e. The predicted molar refractivity (Wildman–Crippen MR) is 123 cm³/mol. The van der Waals surface area contributed by atoms with Gasteiger partial charge in [-0.25, -0.2) is 9.82 Å². The normalized spacial score (nSPS) is 12.2. The Morgan fingerprint density at radius 1 is 1.03 bits per heavy atom. The van der Waals surface area contributed by atoms with Crippen molar-refractivity contribution in [3.63, 3.8) is 0 Å². The molecular formula is C24H20F4N2O5S. The summed E-state index contributed by atoms with van der Waals surface area (Å²) in [5.41, 5.74) is 1.85. The van der Waals surface area contributed by atoms with Crippen molar-refractivity contribution in [2.24, 2.45) is 5.10 Å². The van der Waals surface area contributed by atoms with Gasteiger partial charge in [0.2, 0.25) is 5.91 Å². The Balaban J connectivity index is 1.79. The zero-order chi connectivity index (χ0) is 26.5. The number of rotatable bonds is 8. The van der Waals surface area contributed by atoms with Crippen LogP contribution in [0, 0.1) is 5.82 Å². The molecule has 0 aromatic heterocycles. The van der Waals surface area contributed by atoms with E-state index in [2.05, 4.69) is 10.5 Å². The molecule has 0 aliphatic heterocycles. The molecule has 7 nitrogen and oxygen atoms in total. The standard InChI is InChI=1S/C24H20F4N2O5S/c1-15(29-30-23(31)13-16-4-3-5-19(12-16)34-2)21-14-18(25)8-11-22(21)35-36(32,33)20-9-6-17(7-10-20)24(26,27)28/h3-12,14H,13H2,1-2H3,(H,30,31)/b29-15+. The number of benzene rings is 3. The summed E-state index contributed by atoms with van der Waals surface area (Å²) in [6.07, 6.45) is -4.68. The van der Waals surface area contributed by atoms with Gasteiger partial charge in [0.1, 0.15) is 16.5 Å². The Kier molecular flexibility index (Phi) is 7.98. The van der Waals surface area contributed by atoms with Crippen molar-refractivity contribution in [1.29, 1.82) is 0 Å². The van der Waals surface area contributed by atoms with E-state index in [4.69, 9.17) is 8.92 Å². The van der Waals surface area contributed by atoms with E-state index in [-0.39, 0.29) is 23.4 Å². The van der Waals surface area contributed by atoms with E-state index in [0.717, 1.165) is 30.3 Å². The quantitative estimate of drug-likeness (QED) is 0.200. The number of alkyl halides is 3. The van der Waals surface area contributed by atoms with E-state index in [1.54, 1.807) is 24.3 Å². The van der Waals surface area contributed by atoms with Gasteiger partial charge in [-0.15, -0.1) is 0 Å². The van der Waals surface area contributed by atoms with Crippen LogP contribution in [0.5, 0.6) is 11.5 Å². The van der Waals surface area contributed by atoms with E-state index in [0.29, 0.717) is 23.4 Å². The number of nitrogens with zero attached hydrogens (tertiary/aromatic N) is 1. The van der Waals surface area contributed by atoms with E-state index in [9.17, 15) is 30.8 Å². The highest BCUT2D eigenvalue weighted by atomic mass is 32.2. The van der Waals surface area contributed by atoms with Crippen molar-refractivity contribution in [2.75, 3.05) is 7.11 Å². The zero-order valence-electron chi connectivity index (χ0n) is 19.0. The molecule has 0 unspecified atom stereocenters. The molecule has 0 spiro atoms. The minimum atomic E-state index is -4.64. The lowest BCUT2D eigenvalue weighted by atomic mass is 10.1. The van der Waals surface area contributed by atoms with Gasteiger partial charge in [-0.1, -0.05) is 12.1 Å². The van der Waals surface area contributed by atoms with Crippen LogP contribution in [0.2, 0.25) is 0 Å². The van der Waals surface area contributed by atoms with Gasteiger partial charge < -0.3 is 8.92 Å². The number of carbonyl (C=O) groups excluding carboxylic acids is 1. The minimum absolute atomic E-state index is 0.0195. The van der Waals surface area contributed by atoms with Crippen molar-refractivity contribution in [3.8, 4) is 11.5 Å². The third-order valence-corrected chi connectivity index (χ3v) is 6.10. The first-order valence-corrected chi connectivity index (χ1v) is 11.7. The average Bonchev–Trinajstić information content (AvgIpc) is 2.83. The van der Waals surface area contributed by atoms with Gasteiger partial charge >= 0.3 is 16.3 Å². The van der Waals surface area contributed by atoms with E-state index >= 15 is 0 Å². The number of methoxy groups -OCH3 is 1. The van der Waals surface area contributed by atoms with Gasteiger partial charge in [0.15, 0.2) is 5.75 Å². The van der Waals surface area contributed by atoms with Crippen LogP contribution < -0.4 is 14.3 Å². The molecule has 0 heterocycles. The molecule has 3 aromatic rings. The summed E-state index contributed by atoms with van der Waals surface area (Å²) in [6.45, 7) is 1.39. The molecule has 1 N–H and O–H groups in total. The van der Waals surface area contributed by atoms with Crippen LogP contribution in [0.25, 0.3) is 0 Å².